The molecule has 0 unspecified atom stereocenters. The van der Waals surface area contributed by atoms with Gasteiger partial charge in [-0.2, -0.15) is 0 Å². The summed E-state index contributed by atoms with van der Waals surface area (Å²) in [5, 5.41) is 32.7. The summed E-state index contributed by atoms with van der Waals surface area (Å²) in [6.07, 6.45) is 0. The molecule has 31 heavy (non-hydrogen) atoms. The van der Waals surface area contributed by atoms with Crippen LogP contribution in [0.15, 0.2) is 24.3 Å². The lowest BCUT2D eigenvalue weighted by Gasteiger charge is -2.07. The van der Waals surface area contributed by atoms with Crippen molar-refractivity contribution in [1.29, 1.82) is 0 Å². The largest absolute Gasteiger partial charge is 0.478 e. The van der Waals surface area contributed by atoms with Gasteiger partial charge in [-0.05, 0) is 13.8 Å². The Hall–Kier alpha value is -1.86. The molecule has 0 bridgehead atoms. The Morgan fingerprint density at radius 3 is 0.839 bits per heavy atom. The molecule has 0 aliphatic heterocycles. The van der Waals surface area contributed by atoms with E-state index in [-0.39, 0.29) is 24.4 Å². The van der Waals surface area contributed by atoms with Crippen LogP contribution >= 0.6 is 0 Å². The highest BCUT2D eigenvalue weighted by molar-refractivity contribution is 5.85. The molecule has 0 amide bonds. The van der Waals surface area contributed by atoms with E-state index in [0.29, 0.717) is 66.1 Å². The zero-order valence-electron chi connectivity index (χ0n) is 18.5. The summed E-state index contributed by atoms with van der Waals surface area (Å²) in [6.45, 7) is 14.0. The quantitative estimate of drug-likeness (QED) is 0.167. The van der Waals surface area contributed by atoms with Gasteiger partial charge >= 0.3 is 11.9 Å². The molecule has 0 saturated heterocycles. The van der Waals surface area contributed by atoms with Crippen LogP contribution in [0.25, 0.3) is 0 Å². The van der Waals surface area contributed by atoms with Crippen molar-refractivity contribution >= 4 is 11.9 Å². The smallest absolute Gasteiger partial charge is 0.330 e. The summed E-state index contributed by atoms with van der Waals surface area (Å²) >= 11 is 0. The van der Waals surface area contributed by atoms with Crippen molar-refractivity contribution in [3.05, 3.63) is 24.3 Å². The molecular weight excluding hydrogens is 416 g/mol. The average molecular weight is 455 g/mol. The molecule has 0 heterocycles. The molecule has 0 aliphatic rings. The van der Waals surface area contributed by atoms with Crippen molar-refractivity contribution < 1.29 is 53.7 Å². The second-order valence-corrected chi connectivity index (χ2v) is 5.68. The van der Waals surface area contributed by atoms with Gasteiger partial charge in [0.2, 0.25) is 0 Å². The molecule has 0 atom stereocenters. The van der Waals surface area contributed by atoms with Crippen molar-refractivity contribution in [1.82, 2.24) is 0 Å². The Morgan fingerprint density at radius 1 is 0.548 bits per heavy atom. The summed E-state index contributed by atoms with van der Waals surface area (Å²) in [5.74, 6) is -1.87. The van der Waals surface area contributed by atoms with E-state index in [1.807, 2.05) is 0 Å². The molecule has 0 fully saturated rings. The maximum Gasteiger partial charge on any atom is 0.330 e. The predicted molar refractivity (Wildman–Crippen MR) is 113 cm³/mol. The lowest BCUT2D eigenvalue weighted by molar-refractivity contribution is -0.133. The van der Waals surface area contributed by atoms with Gasteiger partial charge in [-0.1, -0.05) is 13.2 Å². The number of aliphatic carboxylic acids is 2. The van der Waals surface area contributed by atoms with Crippen LogP contribution in [-0.2, 0) is 33.3 Å². The maximum atomic E-state index is 9.60. The fourth-order valence-electron chi connectivity index (χ4n) is 1.11. The molecule has 11 heteroatoms. The minimum Gasteiger partial charge on any atom is -0.478 e. The number of ether oxygens (including phenoxy) is 5. The van der Waals surface area contributed by atoms with Gasteiger partial charge < -0.3 is 44.1 Å². The third-order valence-electron chi connectivity index (χ3n) is 2.69. The van der Waals surface area contributed by atoms with Gasteiger partial charge in [0, 0.05) is 11.1 Å². The first-order chi connectivity index (χ1) is 14.7. The Balaban J connectivity index is -0.000000532. The monoisotopic (exact) mass is 454 g/mol. The molecule has 0 aromatic rings. The number of carboxylic acids is 2. The van der Waals surface area contributed by atoms with E-state index >= 15 is 0 Å². The standard InChI is InChI=1S/C12H26O7.2C4H6O2/c13-1-3-15-5-7-17-9-11-19-12-10-18-8-6-16-4-2-14;2*1-3(2)4(5)6/h13-14H,1-12H2;2*1H2,2H3,(H,5,6). The van der Waals surface area contributed by atoms with E-state index in [1.165, 1.54) is 13.8 Å². The van der Waals surface area contributed by atoms with Crippen LogP contribution in [0.4, 0.5) is 0 Å². The van der Waals surface area contributed by atoms with Gasteiger partial charge in [0.1, 0.15) is 0 Å². The molecule has 4 N–H and O–H groups in total. The molecule has 0 saturated carbocycles. The summed E-state index contributed by atoms with van der Waals surface area (Å²) < 4.78 is 25.8. The van der Waals surface area contributed by atoms with E-state index in [2.05, 4.69) is 13.2 Å². The van der Waals surface area contributed by atoms with Crippen LogP contribution in [-0.4, -0.2) is 112 Å². The molecule has 0 radical (unpaired) electrons. The summed E-state index contributed by atoms with van der Waals surface area (Å²) in [5.41, 5.74) is 0.352. The topological polar surface area (TPSA) is 161 Å². The maximum absolute atomic E-state index is 9.60. The Kier molecular flexibility index (Phi) is 30.7. The highest BCUT2D eigenvalue weighted by Gasteiger charge is 1.93. The van der Waals surface area contributed by atoms with Crippen molar-refractivity contribution in [2.45, 2.75) is 13.8 Å². The average Bonchev–Trinajstić information content (AvgIpc) is 2.71. The number of hydrogen-bond donors (Lipinski definition) is 4. The van der Waals surface area contributed by atoms with Gasteiger partial charge in [0.25, 0.3) is 0 Å². The van der Waals surface area contributed by atoms with Gasteiger partial charge in [0.05, 0.1) is 79.3 Å². The Morgan fingerprint density at radius 2 is 0.710 bits per heavy atom. The highest BCUT2D eigenvalue weighted by atomic mass is 16.6. The number of aliphatic hydroxyl groups excluding tert-OH is 2. The minimum absolute atomic E-state index is 0.0359. The summed E-state index contributed by atoms with van der Waals surface area (Å²) in [4.78, 5) is 19.2. The first-order valence-corrected chi connectivity index (χ1v) is 9.58. The van der Waals surface area contributed by atoms with Gasteiger partial charge in [-0.3, -0.25) is 0 Å². The SMILES string of the molecule is C=C(C)C(=O)O.C=C(C)C(=O)O.OCCOCCOCCOCCOCCOCCO. The van der Waals surface area contributed by atoms with Gasteiger partial charge in [0.15, 0.2) is 0 Å². The van der Waals surface area contributed by atoms with Crippen molar-refractivity contribution in [2.75, 3.05) is 79.3 Å². The van der Waals surface area contributed by atoms with Crippen LogP contribution < -0.4 is 0 Å². The van der Waals surface area contributed by atoms with Gasteiger partial charge in [-0.25, -0.2) is 9.59 Å². The van der Waals surface area contributed by atoms with E-state index in [0.717, 1.165) is 0 Å². The molecule has 184 valence electrons. The number of rotatable bonds is 18. The van der Waals surface area contributed by atoms with Crippen molar-refractivity contribution in [3.63, 3.8) is 0 Å². The second kappa shape index (κ2) is 28.1. The predicted octanol–water partition coefficient (Wildman–Crippen LogP) is 0.348. The molecule has 0 spiro atoms. The van der Waals surface area contributed by atoms with Crippen LogP contribution in [0.3, 0.4) is 0 Å². The van der Waals surface area contributed by atoms with E-state index < -0.39 is 11.9 Å². The van der Waals surface area contributed by atoms with E-state index in [9.17, 15) is 9.59 Å². The highest BCUT2D eigenvalue weighted by Crippen LogP contribution is 1.84. The van der Waals surface area contributed by atoms with Crippen LogP contribution in [0.5, 0.6) is 0 Å². The van der Waals surface area contributed by atoms with Crippen molar-refractivity contribution in [2.24, 2.45) is 0 Å². The fraction of sp³-hybridized carbons (Fsp3) is 0.700. The zero-order chi connectivity index (χ0) is 24.3. The first kappa shape index (κ1) is 33.8. The number of carbonyl (C=O) groups is 2. The lowest BCUT2D eigenvalue weighted by Crippen LogP contribution is -2.14. The fourth-order valence-corrected chi connectivity index (χ4v) is 1.11. The van der Waals surface area contributed by atoms with Crippen LogP contribution in [0.1, 0.15) is 13.8 Å². The molecule has 0 aromatic heterocycles. The summed E-state index contributed by atoms with van der Waals surface area (Å²) in [7, 11) is 0. The third-order valence-corrected chi connectivity index (χ3v) is 2.69. The van der Waals surface area contributed by atoms with Crippen LogP contribution in [0, 0.1) is 0 Å². The molecule has 0 aliphatic carbocycles. The van der Waals surface area contributed by atoms with E-state index in [1.54, 1.807) is 0 Å². The first-order valence-electron chi connectivity index (χ1n) is 9.58. The summed E-state index contributed by atoms with van der Waals surface area (Å²) in [6, 6.07) is 0. The molecular formula is C20H38O11. The number of carboxylic acid groups (broad SMARTS) is 2. The Labute approximate surface area is 183 Å². The Bertz CT molecular complexity index is 388. The minimum atomic E-state index is -0.935. The molecule has 11 nitrogen and oxygen atoms in total. The molecule has 0 aromatic carbocycles. The normalized spacial score (nSPS) is 9.68. The number of aliphatic hydroxyl groups is 2. The zero-order valence-corrected chi connectivity index (χ0v) is 18.5. The number of hydrogen-bond acceptors (Lipinski definition) is 9. The lowest BCUT2D eigenvalue weighted by atomic mass is 10.4. The second-order valence-electron chi connectivity index (χ2n) is 5.68. The van der Waals surface area contributed by atoms with E-state index in [4.69, 9.17) is 44.1 Å². The molecule has 0 rings (SSSR count). The van der Waals surface area contributed by atoms with Gasteiger partial charge in [-0.15, -0.1) is 0 Å². The third kappa shape index (κ3) is 39.2. The van der Waals surface area contributed by atoms with Crippen LogP contribution in [0.2, 0.25) is 0 Å². The van der Waals surface area contributed by atoms with Crippen molar-refractivity contribution in [3.8, 4) is 0 Å².